The number of aliphatic carboxylic acids is 1. The van der Waals surface area contributed by atoms with Gasteiger partial charge < -0.3 is 41.6 Å². The Hall–Kier alpha value is -4.98. The highest BCUT2D eigenvalue weighted by Crippen LogP contribution is 2.25. The van der Waals surface area contributed by atoms with Crippen molar-refractivity contribution in [1.29, 1.82) is 0 Å². The number of nitrogens with zero attached hydrogens (tertiary/aromatic N) is 2. The van der Waals surface area contributed by atoms with Crippen molar-refractivity contribution in [2.75, 3.05) is 18.4 Å². The summed E-state index contributed by atoms with van der Waals surface area (Å²) in [5.41, 5.74) is 7.07. The number of hydrogen-bond donors (Lipinski definition) is 6. The number of amidine groups is 1. The zero-order valence-electron chi connectivity index (χ0n) is 22.1. The Morgan fingerprint density at radius 3 is 2.29 bits per heavy atom. The van der Waals surface area contributed by atoms with Crippen molar-refractivity contribution in [3.63, 3.8) is 0 Å². The van der Waals surface area contributed by atoms with Crippen LogP contribution < -0.4 is 21.7 Å². The molecule has 4 rings (SSSR count). The molecule has 2 aromatic rings. The number of likely N-dealkylation sites (tertiary alicyclic amines) is 1. The number of carbonyl (C=O) groups is 5. The van der Waals surface area contributed by atoms with E-state index in [2.05, 4.69) is 21.1 Å². The van der Waals surface area contributed by atoms with Gasteiger partial charge in [-0.25, -0.2) is 4.79 Å². The lowest BCUT2D eigenvalue weighted by atomic mass is 10.1. The standard InChI is InChI=1S/C27H30N6O8/c1-14(29-23(35)16-8-6-15(7-9-16)22(28)32-40)26(37)33-12-10-17(11-13-33)41-25(27(38)39)31-24(36)20-21(34)18-4-2-3-5-19(18)30-20/h2-9,14,17,20,25,30,40H,10-13H2,1H3,(H2,28,32)(H,29,35)(H,31,36)(H,38,39). The van der Waals surface area contributed by atoms with Crippen molar-refractivity contribution >= 4 is 41.0 Å². The van der Waals surface area contributed by atoms with Crippen LogP contribution in [0.5, 0.6) is 0 Å². The van der Waals surface area contributed by atoms with Gasteiger partial charge in [-0.15, -0.1) is 0 Å². The lowest BCUT2D eigenvalue weighted by Gasteiger charge is -2.34. The molecule has 3 amide bonds. The van der Waals surface area contributed by atoms with Gasteiger partial charge in [0.25, 0.3) is 11.8 Å². The third-order valence-electron chi connectivity index (χ3n) is 6.87. The number of para-hydroxylation sites is 1. The third-order valence-corrected chi connectivity index (χ3v) is 6.87. The maximum Gasteiger partial charge on any atom is 0.354 e. The van der Waals surface area contributed by atoms with Gasteiger partial charge in [0.15, 0.2) is 17.7 Å². The monoisotopic (exact) mass is 566 g/mol. The van der Waals surface area contributed by atoms with Crippen molar-refractivity contribution in [3.8, 4) is 0 Å². The van der Waals surface area contributed by atoms with Crippen LogP contribution in [0.15, 0.2) is 53.7 Å². The van der Waals surface area contributed by atoms with Crippen LogP contribution in [0.1, 0.15) is 46.0 Å². The molecule has 14 nitrogen and oxygen atoms in total. The van der Waals surface area contributed by atoms with Crippen LogP contribution in [-0.4, -0.2) is 88.0 Å². The summed E-state index contributed by atoms with van der Waals surface area (Å²) in [4.78, 5) is 64.1. The number of ketones is 1. The highest BCUT2D eigenvalue weighted by Gasteiger charge is 2.38. The van der Waals surface area contributed by atoms with Crippen LogP contribution in [-0.2, 0) is 19.1 Å². The summed E-state index contributed by atoms with van der Waals surface area (Å²) in [5.74, 6) is -3.61. The second kappa shape index (κ2) is 12.5. The fraction of sp³-hybridized carbons (Fsp3) is 0.333. The third kappa shape index (κ3) is 6.61. The van der Waals surface area contributed by atoms with E-state index in [1.54, 1.807) is 36.1 Å². The average Bonchev–Trinajstić information content (AvgIpc) is 3.32. The molecule has 0 aliphatic carbocycles. The first-order valence-corrected chi connectivity index (χ1v) is 12.8. The topological polar surface area (TPSA) is 213 Å². The van der Waals surface area contributed by atoms with Crippen LogP contribution in [0.4, 0.5) is 5.69 Å². The molecule has 0 radical (unpaired) electrons. The molecule has 7 N–H and O–H groups in total. The number of oxime groups is 1. The number of anilines is 1. The molecule has 1 saturated heterocycles. The van der Waals surface area contributed by atoms with Crippen molar-refractivity contribution in [3.05, 3.63) is 65.2 Å². The fourth-order valence-corrected chi connectivity index (χ4v) is 4.62. The van der Waals surface area contributed by atoms with Crippen LogP contribution >= 0.6 is 0 Å². The zero-order valence-corrected chi connectivity index (χ0v) is 22.1. The predicted molar refractivity (Wildman–Crippen MR) is 144 cm³/mol. The summed E-state index contributed by atoms with van der Waals surface area (Å²) < 4.78 is 5.63. The quantitative estimate of drug-likeness (QED) is 0.0602. The molecule has 0 bridgehead atoms. The minimum atomic E-state index is -1.68. The van der Waals surface area contributed by atoms with E-state index in [0.717, 1.165) is 0 Å². The smallest absolute Gasteiger partial charge is 0.354 e. The van der Waals surface area contributed by atoms with Gasteiger partial charge in [0.1, 0.15) is 6.04 Å². The molecule has 41 heavy (non-hydrogen) atoms. The molecule has 2 aromatic carbocycles. The number of nitrogens with one attached hydrogen (secondary N) is 3. The maximum atomic E-state index is 12.9. The van der Waals surface area contributed by atoms with Crippen molar-refractivity contribution in [2.45, 2.75) is 44.2 Å². The number of carboxylic acids is 1. The molecule has 0 aromatic heterocycles. The lowest BCUT2D eigenvalue weighted by molar-refractivity contribution is -0.163. The highest BCUT2D eigenvalue weighted by atomic mass is 16.5. The van der Waals surface area contributed by atoms with Crippen LogP contribution in [0.2, 0.25) is 0 Å². The summed E-state index contributed by atoms with van der Waals surface area (Å²) in [6.45, 7) is 2.05. The number of hydrogen-bond acceptors (Lipinski definition) is 9. The summed E-state index contributed by atoms with van der Waals surface area (Å²) in [5, 5.41) is 29.0. The van der Waals surface area contributed by atoms with Gasteiger partial charge in [0, 0.05) is 35.5 Å². The number of benzene rings is 2. The molecule has 2 aliphatic rings. The Bertz CT molecular complexity index is 1370. The van der Waals surface area contributed by atoms with E-state index >= 15 is 0 Å². The van der Waals surface area contributed by atoms with Crippen LogP contribution in [0, 0.1) is 0 Å². The average molecular weight is 567 g/mol. The summed E-state index contributed by atoms with van der Waals surface area (Å²) in [6.07, 6.45) is -1.65. The van der Waals surface area contributed by atoms with Gasteiger partial charge in [0.2, 0.25) is 12.1 Å². The Morgan fingerprint density at radius 2 is 1.68 bits per heavy atom. The minimum Gasteiger partial charge on any atom is -0.478 e. The first-order chi connectivity index (χ1) is 19.6. The second-order valence-electron chi connectivity index (χ2n) is 9.63. The molecule has 14 heteroatoms. The number of fused-ring (bicyclic) bond motifs is 1. The normalized spacial score (nSPS) is 18.6. The van der Waals surface area contributed by atoms with Crippen molar-refractivity contribution in [1.82, 2.24) is 15.5 Å². The molecule has 2 heterocycles. The van der Waals surface area contributed by atoms with E-state index in [1.807, 2.05) is 0 Å². The van der Waals surface area contributed by atoms with Crippen LogP contribution in [0.3, 0.4) is 0 Å². The van der Waals surface area contributed by atoms with E-state index in [9.17, 15) is 29.1 Å². The second-order valence-corrected chi connectivity index (χ2v) is 9.63. The molecule has 3 unspecified atom stereocenters. The molecule has 0 spiro atoms. The molecule has 1 fully saturated rings. The van der Waals surface area contributed by atoms with E-state index < -0.39 is 48.0 Å². The molecule has 216 valence electrons. The number of amides is 3. The van der Waals surface area contributed by atoms with Gasteiger partial charge in [-0.3, -0.25) is 19.2 Å². The number of piperidine rings is 1. The number of Topliss-reactive ketones (excluding diaryl/α,β-unsaturated/α-hetero) is 1. The number of nitrogens with two attached hydrogens (primary N) is 1. The van der Waals surface area contributed by atoms with Gasteiger partial charge in [-0.2, -0.15) is 0 Å². The van der Waals surface area contributed by atoms with Crippen molar-refractivity contribution < 1.29 is 39.0 Å². The Morgan fingerprint density at radius 1 is 1.05 bits per heavy atom. The van der Waals surface area contributed by atoms with E-state index in [1.165, 1.54) is 24.3 Å². The minimum absolute atomic E-state index is 0.100. The first-order valence-electron chi connectivity index (χ1n) is 12.8. The predicted octanol–water partition coefficient (Wildman–Crippen LogP) is 0.111. The largest absolute Gasteiger partial charge is 0.478 e. The molecule has 2 aliphatic heterocycles. The van der Waals surface area contributed by atoms with E-state index in [4.69, 9.17) is 15.7 Å². The molecular formula is C27H30N6O8. The Labute approximate surface area is 234 Å². The molecule has 0 saturated carbocycles. The van der Waals surface area contributed by atoms with Gasteiger partial charge in [0.05, 0.1) is 6.10 Å². The summed E-state index contributed by atoms with van der Waals surface area (Å²) in [6, 6.07) is 10.5. The van der Waals surface area contributed by atoms with Gasteiger partial charge in [-0.1, -0.05) is 29.4 Å². The number of ether oxygens (including phenoxy) is 1. The molecule has 3 atom stereocenters. The SMILES string of the molecule is CC(NC(=O)c1ccc(/C(N)=N/O)cc1)C(=O)N1CCC(OC(NC(=O)C2Nc3ccccc3C2=O)C(=O)O)CC1. The highest BCUT2D eigenvalue weighted by molar-refractivity contribution is 6.21. The lowest BCUT2D eigenvalue weighted by Crippen LogP contribution is -2.53. The number of carbonyl (C=O) groups excluding carboxylic acids is 4. The summed E-state index contributed by atoms with van der Waals surface area (Å²) in [7, 11) is 0. The van der Waals surface area contributed by atoms with E-state index in [0.29, 0.717) is 29.7 Å². The number of rotatable bonds is 9. The number of carboxylic acid groups (broad SMARTS) is 1. The first kappa shape index (κ1) is 29.0. The molecular weight excluding hydrogens is 536 g/mol. The van der Waals surface area contributed by atoms with E-state index in [-0.39, 0.29) is 30.4 Å². The Kier molecular flexibility index (Phi) is 8.82. The van der Waals surface area contributed by atoms with Gasteiger partial charge in [-0.05, 0) is 44.0 Å². The van der Waals surface area contributed by atoms with Crippen LogP contribution in [0.25, 0.3) is 0 Å². The summed E-state index contributed by atoms with van der Waals surface area (Å²) >= 11 is 0. The van der Waals surface area contributed by atoms with Gasteiger partial charge >= 0.3 is 5.97 Å². The fourth-order valence-electron chi connectivity index (χ4n) is 4.62. The Balaban J connectivity index is 1.26. The maximum absolute atomic E-state index is 12.9. The van der Waals surface area contributed by atoms with Crippen molar-refractivity contribution in [2.24, 2.45) is 10.9 Å². The zero-order chi connectivity index (χ0) is 29.7.